The minimum atomic E-state index is -0.341. The molecule has 0 unspecified atom stereocenters. The highest BCUT2D eigenvalue weighted by Crippen LogP contribution is 2.39. The van der Waals surface area contributed by atoms with E-state index in [0.717, 1.165) is 0 Å². The SMILES string of the molecule is O=c1[nH]c2c(O)cc(O)cc2c2cc3c(cc12)OCO3. The summed E-state index contributed by atoms with van der Waals surface area (Å²) in [4.78, 5) is 14.7. The first-order valence-corrected chi connectivity index (χ1v) is 5.95. The molecular weight excluding hydrogens is 262 g/mol. The van der Waals surface area contributed by atoms with E-state index >= 15 is 0 Å². The quantitative estimate of drug-likeness (QED) is 0.542. The zero-order chi connectivity index (χ0) is 13.9. The van der Waals surface area contributed by atoms with Gasteiger partial charge in [0.05, 0.1) is 10.9 Å². The van der Waals surface area contributed by atoms with Crippen molar-refractivity contribution in [1.29, 1.82) is 0 Å². The van der Waals surface area contributed by atoms with Crippen molar-refractivity contribution in [3.63, 3.8) is 0 Å². The molecule has 1 aliphatic heterocycles. The van der Waals surface area contributed by atoms with E-state index in [1.54, 1.807) is 12.1 Å². The van der Waals surface area contributed by atoms with Crippen LogP contribution in [0.3, 0.4) is 0 Å². The van der Waals surface area contributed by atoms with Gasteiger partial charge in [-0.2, -0.15) is 0 Å². The highest BCUT2D eigenvalue weighted by molar-refractivity contribution is 6.08. The minimum absolute atomic E-state index is 0.0824. The Morgan fingerprint density at radius 1 is 0.950 bits per heavy atom. The maximum atomic E-state index is 12.1. The Morgan fingerprint density at radius 3 is 2.40 bits per heavy atom. The lowest BCUT2D eigenvalue weighted by atomic mass is 10.0. The maximum absolute atomic E-state index is 12.1. The molecule has 0 spiro atoms. The highest BCUT2D eigenvalue weighted by atomic mass is 16.7. The van der Waals surface area contributed by atoms with Crippen LogP contribution in [0.5, 0.6) is 23.0 Å². The lowest BCUT2D eigenvalue weighted by Gasteiger charge is -2.07. The van der Waals surface area contributed by atoms with Gasteiger partial charge in [-0.05, 0) is 18.2 Å². The number of benzene rings is 2. The van der Waals surface area contributed by atoms with Crippen LogP contribution in [0.15, 0.2) is 29.1 Å². The number of aromatic hydroxyl groups is 2. The van der Waals surface area contributed by atoms with E-state index in [9.17, 15) is 15.0 Å². The Morgan fingerprint density at radius 2 is 1.65 bits per heavy atom. The minimum Gasteiger partial charge on any atom is -0.508 e. The average Bonchev–Trinajstić information content (AvgIpc) is 2.86. The van der Waals surface area contributed by atoms with Crippen molar-refractivity contribution in [1.82, 2.24) is 4.98 Å². The highest BCUT2D eigenvalue weighted by Gasteiger charge is 2.18. The van der Waals surface area contributed by atoms with E-state index in [1.807, 2.05) is 0 Å². The molecule has 2 aromatic carbocycles. The summed E-state index contributed by atoms with van der Waals surface area (Å²) in [5.74, 6) is 0.775. The van der Waals surface area contributed by atoms with Crippen molar-refractivity contribution >= 4 is 21.7 Å². The average molecular weight is 271 g/mol. The maximum Gasteiger partial charge on any atom is 0.256 e. The van der Waals surface area contributed by atoms with E-state index in [1.165, 1.54) is 12.1 Å². The van der Waals surface area contributed by atoms with Crippen LogP contribution in [0, 0.1) is 0 Å². The van der Waals surface area contributed by atoms with Gasteiger partial charge in [0.15, 0.2) is 11.5 Å². The van der Waals surface area contributed by atoms with Crippen LogP contribution >= 0.6 is 0 Å². The summed E-state index contributed by atoms with van der Waals surface area (Å²) >= 11 is 0. The number of H-pyrrole nitrogens is 1. The van der Waals surface area contributed by atoms with Crippen molar-refractivity contribution in [2.45, 2.75) is 0 Å². The molecule has 0 radical (unpaired) electrons. The number of phenols is 2. The van der Waals surface area contributed by atoms with Gasteiger partial charge in [-0.25, -0.2) is 0 Å². The van der Waals surface area contributed by atoms with Gasteiger partial charge >= 0.3 is 0 Å². The molecule has 100 valence electrons. The molecule has 4 rings (SSSR count). The topological polar surface area (TPSA) is 91.8 Å². The fourth-order valence-electron chi connectivity index (χ4n) is 2.49. The molecule has 0 saturated carbocycles. The number of aromatic amines is 1. The number of nitrogens with one attached hydrogen (secondary N) is 1. The second-order valence-electron chi connectivity index (χ2n) is 4.59. The van der Waals surface area contributed by atoms with Crippen molar-refractivity contribution in [3.8, 4) is 23.0 Å². The van der Waals surface area contributed by atoms with Gasteiger partial charge in [0.1, 0.15) is 11.5 Å². The molecule has 3 N–H and O–H groups in total. The number of ether oxygens (including phenoxy) is 2. The van der Waals surface area contributed by atoms with Crippen LogP contribution in [0.2, 0.25) is 0 Å². The van der Waals surface area contributed by atoms with Crippen LogP contribution in [0.1, 0.15) is 0 Å². The molecule has 2 heterocycles. The van der Waals surface area contributed by atoms with Crippen LogP contribution < -0.4 is 15.0 Å². The number of hydrogen-bond donors (Lipinski definition) is 3. The Kier molecular flexibility index (Phi) is 1.96. The molecule has 0 fully saturated rings. The fourth-order valence-corrected chi connectivity index (χ4v) is 2.49. The molecule has 0 atom stereocenters. The molecule has 0 bridgehead atoms. The summed E-state index contributed by atoms with van der Waals surface area (Å²) in [6, 6.07) is 5.93. The monoisotopic (exact) mass is 271 g/mol. The molecule has 6 heteroatoms. The van der Waals surface area contributed by atoms with Gasteiger partial charge in [0.2, 0.25) is 6.79 Å². The summed E-state index contributed by atoms with van der Waals surface area (Å²) < 4.78 is 10.5. The number of rotatable bonds is 0. The first-order chi connectivity index (χ1) is 9.63. The normalized spacial score (nSPS) is 13.2. The molecule has 6 nitrogen and oxygen atoms in total. The first-order valence-electron chi connectivity index (χ1n) is 5.95. The van der Waals surface area contributed by atoms with Crippen LogP contribution in [-0.2, 0) is 0 Å². The summed E-state index contributed by atoms with van der Waals surface area (Å²) in [6.45, 7) is 0.109. The third kappa shape index (κ3) is 1.36. The Balaban J connectivity index is 2.26. The van der Waals surface area contributed by atoms with E-state index in [-0.39, 0.29) is 29.4 Å². The van der Waals surface area contributed by atoms with Crippen molar-refractivity contribution in [2.75, 3.05) is 6.79 Å². The van der Waals surface area contributed by atoms with Gasteiger partial charge in [-0.3, -0.25) is 4.79 Å². The predicted octanol–water partition coefficient (Wildman–Crippen LogP) is 1.82. The smallest absolute Gasteiger partial charge is 0.256 e. The third-order valence-corrected chi connectivity index (χ3v) is 3.39. The molecule has 1 aromatic heterocycles. The predicted molar refractivity (Wildman–Crippen MR) is 71.5 cm³/mol. The Labute approximate surface area is 111 Å². The van der Waals surface area contributed by atoms with Gasteiger partial charge < -0.3 is 24.7 Å². The zero-order valence-electron chi connectivity index (χ0n) is 10.1. The number of phenolic OH excluding ortho intramolecular Hbond substituents is 2. The lowest BCUT2D eigenvalue weighted by molar-refractivity contribution is 0.174. The molecule has 3 aromatic rings. The lowest BCUT2D eigenvalue weighted by Crippen LogP contribution is -2.06. The van der Waals surface area contributed by atoms with Crippen LogP contribution in [0.25, 0.3) is 21.7 Å². The second-order valence-corrected chi connectivity index (χ2v) is 4.59. The van der Waals surface area contributed by atoms with Gasteiger partial charge in [0, 0.05) is 16.8 Å². The Hall–Kier alpha value is -2.89. The van der Waals surface area contributed by atoms with E-state index < -0.39 is 0 Å². The van der Waals surface area contributed by atoms with E-state index in [4.69, 9.17) is 9.47 Å². The van der Waals surface area contributed by atoms with Crippen molar-refractivity contribution in [3.05, 3.63) is 34.6 Å². The molecular formula is C14H9NO5. The summed E-state index contributed by atoms with van der Waals surface area (Å²) in [6.07, 6.45) is 0. The number of hydrogen-bond acceptors (Lipinski definition) is 5. The van der Waals surface area contributed by atoms with Gasteiger partial charge in [0.25, 0.3) is 5.56 Å². The van der Waals surface area contributed by atoms with Gasteiger partial charge in [-0.15, -0.1) is 0 Å². The number of fused-ring (bicyclic) bond motifs is 4. The van der Waals surface area contributed by atoms with E-state index in [0.29, 0.717) is 27.7 Å². The van der Waals surface area contributed by atoms with Crippen LogP contribution in [0.4, 0.5) is 0 Å². The second kappa shape index (κ2) is 3.57. The summed E-state index contributed by atoms with van der Waals surface area (Å²) in [7, 11) is 0. The molecule has 0 aliphatic carbocycles. The molecule has 1 aliphatic rings. The molecule has 0 amide bonds. The van der Waals surface area contributed by atoms with Crippen molar-refractivity contribution in [2.24, 2.45) is 0 Å². The summed E-state index contributed by atoms with van der Waals surface area (Å²) in [5, 5.41) is 21.0. The molecule has 20 heavy (non-hydrogen) atoms. The van der Waals surface area contributed by atoms with Crippen molar-refractivity contribution < 1.29 is 19.7 Å². The standard InChI is InChI=1S/C14H9NO5/c16-6-1-8-7-3-11-12(20-5-19-11)4-9(7)14(18)15-13(8)10(17)2-6/h1-4,16-17H,5H2,(H,15,18). The fraction of sp³-hybridized carbons (Fsp3) is 0.0714. The van der Waals surface area contributed by atoms with Gasteiger partial charge in [-0.1, -0.05) is 0 Å². The first kappa shape index (κ1) is 11.0. The molecule has 0 saturated heterocycles. The number of pyridine rings is 1. The zero-order valence-corrected chi connectivity index (χ0v) is 10.1. The Bertz CT molecular complexity index is 928. The van der Waals surface area contributed by atoms with E-state index in [2.05, 4.69) is 4.98 Å². The van der Waals surface area contributed by atoms with Crippen LogP contribution in [-0.4, -0.2) is 22.0 Å². The number of aromatic nitrogens is 1. The third-order valence-electron chi connectivity index (χ3n) is 3.39. The summed E-state index contributed by atoms with van der Waals surface area (Å²) in [5.41, 5.74) is -0.0639. The largest absolute Gasteiger partial charge is 0.508 e.